The first kappa shape index (κ1) is 11.9. The standard InChI is InChI=1S/C12H19ClN2O/c1-11(2,3)10-9(13)7-14-15(10)12(5-6-12)8-16-4/h7H,5-6,8H2,1-4H3. The maximum Gasteiger partial charge on any atom is 0.0865 e. The quantitative estimate of drug-likeness (QED) is 0.815. The molecule has 0 amide bonds. The van der Waals surface area contributed by atoms with Gasteiger partial charge in [0.05, 0.1) is 29.1 Å². The van der Waals surface area contributed by atoms with Gasteiger partial charge in [0, 0.05) is 12.5 Å². The van der Waals surface area contributed by atoms with Gasteiger partial charge in [0.1, 0.15) is 0 Å². The molecule has 1 aromatic rings. The minimum Gasteiger partial charge on any atom is -0.382 e. The van der Waals surface area contributed by atoms with Crippen LogP contribution in [0.1, 0.15) is 39.3 Å². The summed E-state index contributed by atoms with van der Waals surface area (Å²) in [5.41, 5.74) is 1.19. The van der Waals surface area contributed by atoms with E-state index in [1.165, 1.54) is 0 Å². The van der Waals surface area contributed by atoms with Crippen molar-refractivity contribution >= 4 is 11.6 Å². The molecule has 0 atom stereocenters. The Morgan fingerprint density at radius 1 is 1.50 bits per heavy atom. The van der Waals surface area contributed by atoms with Crippen LogP contribution < -0.4 is 0 Å². The van der Waals surface area contributed by atoms with Gasteiger partial charge in [0.2, 0.25) is 0 Å². The van der Waals surface area contributed by atoms with E-state index in [0.717, 1.165) is 23.6 Å². The Morgan fingerprint density at radius 2 is 2.12 bits per heavy atom. The van der Waals surface area contributed by atoms with Gasteiger partial charge < -0.3 is 4.74 Å². The monoisotopic (exact) mass is 242 g/mol. The molecule has 0 aromatic carbocycles. The Bertz CT molecular complexity index is 388. The Hall–Kier alpha value is -0.540. The molecule has 0 aliphatic heterocycles. The summed E-state index contributed by atoms with van der Waals surface area (Å²) in [6.07, 6.45) is 4.00. The largest absolute Gasteiger partial charge is 0.382 e. The summed E-state index contributed by atoms with van der Waals surface area (Å²) in [4.78, 5) is 0. The third kappa shape index (κ3) is 1.87. The molecule has 0 bridgehead atoms. The van der Waals surface area contributed by atoms with Gasteiger partial charge in [-0.25, -0.2) is 0 Å². The van der Waals surface area contributed by atoms with Gasteiger partial charge in [-0.15, -0.1) is 0 Å². The van der Waals surface area contributed by atoms with Crippen LogP contribution in [0, 0.1) is 0 Å². The predicted molar refractivity (Wildman–Crippen MR) is 65.0 cm³/mol. The van der Waals surface area contributed by atoms with Crippen molar-refractivity contribution in [3.8, 4) is 0 Å². The average Bonchev–Trinajstić information content (AvgIpc) is 2.81. The van der Waals surface area contributed by atoms with Gasteiger partial charge in [-0.2, -0.15) is 5.10 Å². The lowest BCUT2D eigenvalue weighted by Crippen LogP contribution is -2.30. The van der Waals surface area contributed by atoms with E-state index in [-0.39, 0.29) is 11.0 Å². The van der Waals surface area contributed by atoms with Crippen molar-refractivity contribution in [3.05, 3.63) is 16.9 Å². The molecule has 3 nitrogen and oxygen atoms in total. The van der Waals surface area contributed by atoms with Crippen molar-refractivity contribution in [2.45, 2.75) is 44.6 Å². The highest BCUT2D eigenvalue weighted by atomic mass is 35.5. The molecule has 1 fully saturated rings. The lowest BCUT2D eigenvalue weighted by Gasteiger charge is -2.26. The molecule has 0 unspecified atom stereocenters. The third-order valence-corrected chi connectivity index (χ3v) is 3.40. The van der Waals surface area contributed by atoms with Gasteiger partial charge in [-0.1, -0.05) is 32.4 Å². The number of rotatable bonds is 3. The Morgan fingerprint density at radius 3 is 2.56 bits per heavy atom. The Labute approximate surface area is 102 Å². The Balaban J connectivity index is 2.43. The summed E-state index contributed by atoms with van der Waals surface area (Å²) in [6, 6.07) is 0. The van der Waals surface area contributed by atoms with Crippen molar-refractivity contribution in [1.82, 2.24) is 9.78 Å². The highest BCUT2D eigenvalue weighted by Crippen LogP contribution is 2.46. The van der Waals surface area contributed by atoms with Crippen LogP contribution in [0.3, 0.4) is 0 Å². The second-order valence-electron chi connectivity index (χ2n) is 5.66. The molecule has 0 radical (unpaired) electrons. The summed E-state index contributed by atoms with van der Waals surface area (Å²) >= 11 is 6.24. The first-order chi connectivity index (χ1) is 7.41. The van der Waals surface area contributed by atoms with Crippen molar-refractivity contribution in [2.75, 3.05) is 13.7 Å². The van der Waals surface area contributed by atoms with Gasteiger partial charge in [-0.05, 0) is 12.8 Å². The highest BCUT2D eigenvalue weighted by molar-refractivity contribution is 6.31. The van der Waals surface area contributed by atoms with Crippen molar-refractivity contribution in [1.29, 1.82) is 0 Å². The maximum atomic E-state index is 6.24. The summed E-state index contributed by atoms with van der Waals surface area (Å²) in [6.45, 7) is 7.20. The molecule has 0 saturated heterocycles. The molecule has 2 rings (SSSR count). The highest BCUT2D eigenvalue weighted by Gasteiger charge is 2.48. The number of nitrogens with zero attached hydrogens (tertiary/aromatic N) is 2. The third-order valence-electron chi connectivity index (χ3n) is 3.12. The molecule has 4 heteroatoms. The maximum absolute atomic E-state index is 6.24. The summed E-state index contributed by atoms with van der Waals surface area (Å²) in [7, 11) is 1.74. The molecular weight excluding hydrogens is 224 g/mol. The van der Waals surface area contributed by atoms with E-state index >= 15 is 0 Å². The van der Waals surface area contributed by atoms with E-state index in [1.807, 2.05) is 0 Å². The minimum atomic E-state index is 0.0108. The molecule has 0 spiro atoms. The van der Waals surface area contributed by atoms with Crippen molar-refractivity contribution < 1.29 is 4.74 Å². The molecular formula is C12H19ClN2O. The molecule has 1 saturated carbocycles. The van der Waals surface area contributed by atoms with Crippen LogP contribution >= 0.6 is 11.6 Å². The summed E-state index contributed by atoms with van der Waals surface area (Å²) in [5, 5.41) is 5.20. The fraction of sp³-hybridized carbons (Fsp3) is 0.750. The second-order valence-corrected chi connectivity index (χ2v) is 6.07. The van der Waals surface area contributed by atoms with Crippen LogP contribution in [0.25, 0.3) is 0 Å². The van der Waals surface area contributed by atoms with Crippen LogP contribution in [0.5, 0.6) is 0 Å². The normalized spacial score (nSPS) is 18.8. The smallest absolute Gasteiger partial charge is 0.0865 e. The molecule has 16 heavy (non-hydrogen) atoms. The zero-order valence-corrected chi connectivity index (χ0v) is 11.1. The Kier molecular flexibility index (Phi) is 2.79. The lowest BCUT2D eigenvalue weighted by molar-refractivity contribution is 0.134. The van der Waals surface area contributed by atoms with Gasteiger partial charge >= 0.3 is 0 Å². The van der Waals surface area contributed by atoms with E-state index in [2.05, 4.69) is 30.6 Å². The van der Waals surface area contributed by atoms with Gasteiger partial charge in [0.25, 0.3) is 0 Å². The molecule has 1 aliphatic carbocycles. The number of hydrogen-bond donors (Lipinski definition) is 0. The summed E-state index contributed by atoms with van der Waals surface area (Å²) in [5.74, 6) is 0. The predicted octanol–water partition coefficient (Wildman–Crippen LogP) is 2.97. The van der Waals surface area contributed by atoms with Gasteiger partial charge in [-0.3, -0.25) is 4.68 Å². The number of aromatic nitrogens is 2. The number of hydrogen-bond acceptors (Lipinski definition) is 2. The minimum absolute atomic E-state index is 0.0108. The van der Waals surface area contributed by atoms with E-state index in [1.54, 1.807) is 13.3 Å². The van der Waals surface area contributed by atoms with Crippen molar-refractivity contribution in [2.24, 2.45) is 0 Å². The molecule has 1 aliphatic rings. The fourth-order valence-electron chi connectivity index (χ4n) is 2.19. The van der Waals surface area contributed by atoms with Gasteiger partial charge in [0.15, 0.2) is 0 Å². The van der Waals surface area contributed by atoms with E-state index in [4.69, 9.17) is 16.3 Å². The molecule has 90 valence electrons. The number of methoxy groups -OCH3 is 1. The average molecular weight is 243 g/mol. The van der Waals surface area contributed by atoms with E-state index in [9.17, 15) is 0 Å². The van der Waals surface area contributed by atoms with Crippen LogP contribution in [-0.2, 0) is 15.7 Å². The molecule has 1 heterocycles. The van der Waals surface area contributed by atoms with Crippen LogP contribution in [-0.4, -0.2) is 23.5 Å². The molecule has 1 aromatic heterocycles. The zero-order valence-electron chi connectivity index (χ0n) is 10.4. The van der Waals surface area contributed by atoms with E-state index < -0.39 is 0 Å². The second kappa shape index (κ2) is 3.74. The topological polar surface area (TPSA) is 27.1 Å². The SMILES string of the molecule is COCC1(n2ncc(Cl)c2C(C)(C)C)CC1. The van der Waals surface area contributed by atoms with E-state index in [0.29, 0.717) is 6.61 Å². The fourth-order valence-corrected chi connectivity index (χ4v) is 2.60. The number of halogens is 1. The molecule has 0 N–H and O–H groups in total. The number of ether oxygens (including phenoxy) is 1. The van der Waals surface area contributed by atoms with Crippen LogP contribution in [0.4, 0.5) is 0 Å². The first-order valence-corrected chi connectivity index (χ1v) is 6.02. The van der Waals surface area contributed by atoms with Crippen LogP contribution in [0.15, 0.2) is 6.20 Å². The first-order valence-electron chi connectivity index (χ1n) is 5.64. The zero-order chi connectivity index (χ0) is 12.0. The lowest BCUT2D eigenvalue weighted by atomic mass is 9.91. The summed E-state index contributed by atoms with van der Waals surface area (Å²) < 4.78 is 7.38. The van der Waals surface area contributed by atoms with Crippen molar-refractivity contribution in [3.63, 3.8) is 0 Å². The van der Waals surface area contributed by atoms with Crippen LogP contribution in [0.2, 0.25) is 5.02 Å².